The molecular formula is C30H30F2N4O. The highest BCUT2D eigenvalue weighted by Crippen LogP contribution is 2.55. The highest BCUT2D eigenvalue weighted by Gasteiger charge is 2.50. The van der Waals surface area contributed by atoms with Crippen LogP contribution in [-0.2, 0) is 18.5 Å². The maximum Gasteiger partial charge on any atom is 0.160 e. The molecule has 0 radical (unpaired) electrons. The van der Waals surface area contributed by atoms with E-state index in [4.69, 9.17) is 9.97 Å². The summed E-state index contributed by atoms with van der Waals surface area (Å²) < 4.78 is 28.6. The Morgan fingerprint density at radius 3 is 2.76 bits per heavy atom. The number of benzene rings is 1. The van der Waals surface area contributed by atoms with Crippen LogP contribution in [0, 0.1) is 29.0 Å². The predicted octanol–water partition coefficient (Wildman–Crippen LogP) is 7.18. The largest absolute Gasteiger partial charge is 0.511 e. The number of pyridine rings is 1. The number of aromatic nitrogens is 3. The monoisotopic (exact) mass is 500 g/mol. The van der Waals surface area contributed by atoms with Crippen LogP contribution in [0.2, 0.25) is 0 Å². The Labute approximate surface area is 215 Å². The third-order valence-electron chi connectivity index (χ3n) is 7.93. The van der Waals surface area contributed by atoms with Crippen molar-refractivity contribution in [3.8, 4) is 28.7 Å². The number of rotatable bonds is 6. The molecule has 5 rings (SSSR count). The lowest BCUT2D eigenvalue weighted by molar-refractivity contribution is 0.157. The van der Waals surface area contributed by atoms with Gasteiger partial charge in [-0.2, -0.15) is 5.26 Å². The number of hydrogen-bond donors (Lipinski definition) is 1. The number of halogens is 2. The zero-order chi connectivity index (χ0) is 26.2. The van der Waals surface area contributed by atoms with E-state index in [0.717, 1.165) is 30.5 Å². The van der Waals surface area contributed by atoms with Gasteiger partial charge in [-0.3, -0.25) is 4.98 Å². The van der Waals surface area contributed by atoms with Crippen molar-refractivity contribution in [2.24, 2.45) is 11.8 Å². The summed E-state index contributed by atoms with van der Waals surface area (Å²) in [6.07, 6.45) is 5.50. The number of nitrogens with zero attached hydrogens (tertiary/aromatic N) is 4. The molecule has 1 N–H and O–H groups in total. The van der Waals surface area contributed by atoms with Gasteiger partial charge in [0.1, 0.15) is 18.3 Å². The Morgan fingerprint density at radius 2 is 2.03 bits per heavy atom. The quantitative estimate of drug-likeness (QED) is 0.388. The first-order valence-electron chi connectivity index (χ1n) is 12.8. The van der Waals surface area contributed by atoms with E-state index in [0.29, 0.717) is 53.4 Å². The Bertz CT molecular complexity index is 1410. The number of fused-ring (bicyclic) bond motifs is 3. The molecule has 0 unspecified atom stereocenters. The average Bonchev–Trinajstić information content (AvgIpc) is 2.91. The van der Waals surface area contributed by atoms with Gasteiger partial charge in [0.25, 0.3) is 0 Å². The molecule has 2 aromatic heterocycles. The lowest BCUT2D eigenvalue weighted by Gasteiger charge is -2.48. The van der Waals surface area contributed by atoms with Crippen LogP contribution in [0.25, 0.3) is 22.6 Å². The summed E-state index contributed by atoms with van der Waals surface area (Å²) in [4.78, 5) is 14.0. The standard InChI is InChI=1S/C30H30F2N4O/c1-18(2)9-11-30-15-20(17-33)26(37)14-21(30)7-8-24-27(23-5-3-4-6-25(23)32)35-29(36-28(24)30)19-10-12-34-22(13-19)16-31/h3-6,10,12-13,18,21,37H,7-9,11,14-16H2,1-2H3/t21-,30-/m1/s1. The van der Waals surface area contributed by atoms with Crippen molar-refractivity contribution in [3.63, 3.8) is 0 Å². The third kappa shape index (κ3) is 4.50. The van der Waals surface area contributed by atoms with Crippen molar-refractivity contribution < 1.29 is 13.9 Å². The van der Waals surface area contributed by atoms with Gasteiger partial charge in [0, 0.05) is 34.7 Å². The molecule has 3 aromatic rings. The zero-order valence-electron chi connectivity index (χ0n) is 21.1. The van der Waals surface area contributed by atoms with E-state index < -0.39 is 12.1 Å². The van der Waals surface area contributed by atoms with Gasteiger partial charge in [0.2, 0.25) is 0 Å². The highest BCUT2D eigenvalue weighted by molar-refractivity contribution is 5.70. The van der Waals surface area contributed by atoms with Crippen molar-refractivity contribution in [1.82, 2.24) is 15.0 Å². The third-order valence-corrected chi connectivity index (χ3v) is 7.93. The smallest absolute Gasteiger partial charge is 0.160 e. The average molecular weight is 501 g/mol. The summed E-state index contributed by atoms with van der Waals surface area (Å²) in [6, 6.07) is 12.2. The van der Waals surface area contributed by atoms with Crippen LogP contribution >= 0.6 is 0 Å². The van der Waals surface area contributed by atoms with Gasteiger partial charge in [-0.25, -0.2) is 18.7 Å². The van der Waals surface area contributed by atoms with Gasteiger partial charge >= 0.3 is 0 Å². The molecule has 0 saturated carbocycles. The van der Waals surface area contributed by atoms with Crippen LogP contribution in [0.5, 0.6) is 0 Å². The van der Waals surface area contributed by atoms with Gasteiger partial charge in [-0.15, -0.1) is 0 Å². The summed E-state index contributed by atoms with van der Waals surface area (Å²) in [6.45, 7) is 3.62. The minimum absolute atomic E-state index is 0.103. The maximum absolute atomic E-state index is 15.1. The van der Waals surface area contributed by atoms with Crippen molar-refractivity contribution in [1.29, 1.82) is 5.26 Å². The van der Waals surface area contributed by atoms with Crippen LogP contribution in [0.1, 0.15) is 62.9 Å². The Hall–Kier alpha value is -3.66. The second kappa shape index (κ2) is 10.0. The van der Waals surface area contributed by atoms with E-state index in [1.807, 2.05) is 0 Å². The van der Waals surface area contributed by atoms with Crippen LogP contribution in [0.3, 0.4) is 0 Å². The second-order valence-corrected chi connectivity index (χ2v) is 10.6. The molecule has 2 heterocycles. The summed E-state index contributed by atoms with van der Waals surface area (Å²) in [5.41, 5.74) is 3.45. The lowest BCUT2D eigenvalue weighted by atomic mass is 9.56. The molecule has 190 valence electrons. The molecule has 0 saturated heterocycles. The minimum Gasteiger partial charge on any atom is -0.511 e. The maximum atomic E-state index is 15.1. The van der Waals surface area contributed by atoms with Gasteiger partial charge in [0.15, 0.2) is 5.82 Å². The number of allylic oxidation sites excluding steroid dienone is 2. The molecule has 0 aliphatic heterocycles. The van der Waals surface area contributed by atoms with Gasteiger partial charge in [0.05, 0.1) is 28.7 Å². The molecule has 0 fully saturated rings. The Morgan fingerprint density at radius 1 is 1.22 bits per heavy atom. The van der Waals surface area contributed by atoms with E-state index in [1.165, 1.54) is 12.3 Å². The molecule has 37 heavy (non-hydrogen) atoms. The topological polar surface area (TPSA) is 82.7 Å². The SMILES string of the molecule is CC(C)CC[C@@]12CC(C#N)=C(O)C[C@H]1CCc1c(-c3ccccc3F)nc(-c3ccnc(CF)c3)nc12. The normalized spacial score (nSPS) is 20.9. The molecule has 0 amide bonds. The summed E-state index contributed by atoms with van der Waals surface area (Å²) >= 11 is 0. The fourth-order valence-electron chi connectivity index (χ4n) is 5.98. The minimum atomic E-state index is -0.713. The molecule has 0 bridgehead atoms. The van der Waals surface area contributed by atoms with Crippen molar-refractivity contribution in [2.45, 2.75) is 64.5 Å². The van der Waals surface area contributed by atoms with Crippen molar-refractivity contribution in [3.05, 3.63) is 76.7 Å². The number of alkyl halides is 1. The first-order valence-corrected chi connectivity index (χ1v) is 12.8. The molecule has 7 heteroatoms. The van der Waals surface area contributed by atoms with Crippen LogP contribution < -0.4 is 0 Å². The lowest BCUT2D eigenvalue weighted by Crippen LogP contribution is -2.44. The summed E-state index contributed by atoms with van der Waals surface area (Å²) in [5, 5.41) is 20.5. The van der Waals surface area contributed by atoms with Gasteiger partial charge in [-0.1, -0.05) is 32.4 Å². The van der Waals surface area contributed by atoms with E-state index in [-0.39, 0.29) is 23.2 Å². The first kappa shape index (κ1) is 25.0. The molecule has 2 aliphatic carbocycles. The van der Waals surface area contributed by atoms with Crippen LogP contribution in [0.15, 0.2) is 53.9 Å². The fraction of sp³-hybridized carbons (Fsp3) is 0.400. The van der Waals surface area contributed by atoms with Gasteiger partial charge in [-0.05, 0) is 61.8 Å². The van der Waals surface area contributed by atoms with Crippen molar-refractivity contribution >= 4 is 0 Å². The van der Waals surface area contributed by atoms with E-state index in [2.05, 4.69) is 24.9 Å². The molecular weight excluding hydrogens is 470 g/mol. The Kier molecular flexibility index (Phi) is 6.76. The van der Waals surface area contributed by atoms with Crippen molar-refractivity contribution in [2.75, 3.05) is 0 Å². The van der Waals surface area contributed by atoms with E-state index >= 15 is 4.39 Å². The number of nitriles is 1. The Balaban J connectivity index is 1.80. The zero-order valence-corrected chi connectivity index (χ0v) is 21.1. The molecule has 5 nitrogen and oxygen atoms in total. The number of hydrogen-bond acceptors (Lipinski definition) is 5. The first-order chi connectivity index (χ1) is 17.9. The summed E-state index contributed by atoms with van der Waals surface area (Å²) in [7, 11) is 0. The van der Waals surface area contributed by atoms with E-state index in [9.17, 15) is 14.8 Å². The molecule has 1 aromatic carbocycles. The summed E-state index contributed by atoms with van der Waals surface area (Å²) in [5.74, 6) is 0.721. The molecule has 0 spiro atoms. The van der Waals surface area contributed by atoms with Crippen LogP contribution in [0.4, 0.5) is 8.78 Å². The van der Waals surface area contributed by atoms with E-state index in [1.54, 1.807) is 30.3 Å². The number of aliphatic hydroxyl groups excluding tert-OH is 1. The molecule has 2 aliphatic rings. The molecule has 2 atom stereocenters. The second-order valence-electron chi connectivity index (χ2n) is 10.6. The highest BCUT2D eigenvalue weighted by atomic mass is 19.1. The number of aliphatic hydroxyl groups is 1. The predicted molar refractivity (Wildman–Crippen MR) is 138 cm³/mol. The van der Waals surface area contributed by atoms with Gasteiger partial charge < -0.3 is 5.11 Å². The fourth-order valence-corrected chi connectivity index (χ4v) is 5.98. The van der Waals surface area contributed by atoms with Crippen LogP contribution in [-0.4, -0.2) is 20.1 Å².